The summed E-state index contributed by atoms with van der Waals surface area (Å²) in [6.07, 6.45) is 9.06. The average molecular weight is 282 g/mol. The van der Waals surface area contributed by atoms with E-state index in [0.717, 1.165) is 0 Å². The quantitative estimate of drug-likeness (QED) is 0.660. The predicted molar refractivity (Wildman–Crippen MR) is 86.0 cm³/mol. The molecule has 4 nitrogen and oxygen atoms in total. The number of hydrogen-bond acceptors (Lipinski definition) is 4. The summed E-state index contributed by atoms with van der Waals surface area (Å²) in [6, 6.07) is 0. The van der Waals surface area contributed by atoms with Gasteiger partial charge in [-0.15, -0.1) is 0 Å². The second kappa shape index (κ2) is 9.72. The Balaban J connectivity index is 1.78. The molecule has 0 atom stereocenters. The third kappa shape index (κ3) is 5.32. The van der Waals surface area contributed by atoms with E-state index in [9.17, 15) is 0 Å². The Hall–Kier alpha value is -0.160. The van der Waals surface area contributed by atoms with Crippen molar-refractivity contribution in [1.82, 2.24) is 20.4 Å². The fourth-order valence-corrected chi connectivity index (χ4v) is 3.49. The van der Waals surface area contributed by atoms with Crippen LogP contribution in [0.5, 0.6) is 0 Å². The molecular formula is C16H34N4. The minimum Gasteiger partial charge on any atom is -0.314 e. The first-order valence-electron chi connectivity index (χ1n) is 8.81. The molecule has 0 bridgehead atoms. The molecule has 2 heterocycles. The van der Waals surface area contributed by atoms with Gasteiger partial charge in [-0.1, -0.05) is 39.0 Å². The number of nitrogens with zero attached hydrogens (tertiary/aromatic N) is 2. The van der Waals surface area contributed by atoms with Gasteiger partial charge in [-0.3, -0.25) is 9.80 Å². The maximum atomic E-state index is 3.48. The molecule has 2 aliphatic heterocycles. The van der Waals surface area contributed by atoms with E-state index >= 15 is 0 Å². The zero-order valence-electron chi connectivity index (χ0n) is 13.4. The van der Waals surface area contributed by atoms with Crippen LogP contribution in [0, 0.1) is 0 Å². The summed E-state index contributed by atoms with van der Waals surface area (Å²) in [7, 11) is 0. The predicted octanol–water partition coefficient (Wildman–Crippen LogP) is 1.48. The summed E-state index contributed by atoms with van der Waals surface area (Å²) < 4.78 is 0. The topological polar surface area (TPSA) is 30.5 Å². The standard InChI is InChI=1S/C16H34N4/c1-2-3-4-5-6-7-16(19-12-8-17-9-13-19)20-14-10-18-11-15-20/h16-18H,2-15H2,1H3. The van der Waals surface area contributed by atoms with Gasteiger partial charge in [0.15, 0.2) is 0 Å². The normalized spacial score (nSPS) is 22.5. The number of nitrogens with one attached hydrogen (secondary N) is 2. The molecule has 2 rings (SSSR count). The summed E-state index contributed by atoms with van der Waals surface area (Å²) in [5.74, 6) is 0. The lowest BCUT2D eigenvalue weighted by atomic mass is 10.1. The van der Waals surface area contributed by atoms with Gasteiger partial charge in [0, 0.05) is 52.4 Å². The van der Waals surface area contributed by atoms with Crippen LogP contribution in [0.4, 0.5) is 0 Å². The highest BCUT2D eigenvalue weighted by atomic mass is 15.4. The minimum atomic E-state index is 0.695. The molecule has 0 amide bonds. The van der Waals surface area contributed by atoms with Crippen LogP contribution < -0.4 is 10.6 Å². The van der Waals surface area contributed by atoms with Gasteiger partial charge in [0.2, 0.25) is 0 Å². The molecule has 2 saturated heterocycles. The summed E-state index contributed by atoms with van der Waals surface area (Å²) in [4.78, 5) is 5.45. The Labute approximate surface area is 125 Å². The lowest BCUT2D eigenvalue weighted by Crippen LogP contribution is -2.58. The lowest BCUT2D eigenvalue weighted by molar-refractivity contribution is 0.0185. The van der Waals surface area contributed by atoms with Crippen molar-refractivity contribution in [1.29, 1.82) is 0 Å². The number of unbranched alkanes of at least 4 members (excludes halogenated alkanes) is 4. The van der Waals surface area contributed by atoms with Crippen molar-refractivity contribution in [2.24, 2.45) is 0 Å². The van der Waals surface area contributed by atoms with Gasteiger partial charge >= 0.3 is 0 Å². The van der Waals surface area contributed by atoms with Crippen molar-refractivity contribution in [2.45, 2.75) is 51.6 Å². The maximum absolute atomic E-state index is 3.48. The van der Waals surface area contributed by atoms with Crippen LogP contribution in [0.15, 0.2) is 0 Å². The zero-order chi connectivity index (χ0) is 14.0. The summed E-state index contributed by atoms with van der Waals surface area (Å²) in [6.45, 7) is 11.9. The van der Waals surface area contributed by atoms with Gasteiger partial charge in [0.1, 0.15) is 0 Å². The summed E-state index contributed by atoms with van der Waals surface area (Å²) in [5.41, 5.74) is 0. The molecule has 0 unspecified atom stereocenters. The Bertz CT molecular complexity index is 217. The Morgan fingerprint density at radius 1 is 0.750 bits per heavy atom. The second-order valence-electron chi connectivity index (χ2n) is 6.26. The molecule has 0 aliphatic carbocycles. The monoisotopic (exact) mass is 282 g/mol. The summed E-state index contributed by atoms with van der Waals surface area (Å²) >= 11 is 0. The van der Waals surface area contributed by atoms with Crippen molar-refractivity contribution in [3.05, 3.63) is 0 Å². The highest BCUT2D eigenvalue weighted by Gasteiger charge is 2.26. The molecule has 0 aromatic heterocycles. The molecule has 4 heteroatoms. The highest BCUT2D eigenvalue weighted by molar-refractivity contribution is 4.80. The average Bonchev–Trinajstić information content (AvgIpc) is 2.53. The zero-order valence-corrected chi connectivity index (χ0v) is 13.4. The Morgan fingerprint density at radius 3 is 1.75 bits per heavy atom. The van der Waals surface area contributed by atoms with E-state index in [0.29, 0.717) is 6.17 Å². The Kier molecular flexibility index (Phi) is 7.88. The van der Waals surface area contributed by atoms with Crippen LogP contribution in [0.3, 0.4) is 0 Å². The van der Waals surface area contributed by atoms with Crippen LogP contribution in [0.2, 0.25) is 0 Å². The highest BCUT2D eigenvalue weighted by Crippen LogP contribution is 2.17. The molecule has 0 aromatic carbocycles. The van der Waals surface area contributed by atoms with E-state index in [-0.39, 0.29) is 0 Å². The van der Waals surface area contributed by atoms with E-state index in [1.54, 1.807) is 0 Å². The maximum Gasteiger partial charge on any atom is 0.0624 e. The van der Waals surface area contributed by atoms with Crippen molar-refractivity contribution in [3.63, 3.8) is 0 Å². The van der Waals surface area contributed by atoms with Gasteiger partial charge in [-0.05, 0) is 6.42 Å². The van der Waals surface area contributed by atoms with Crippen LogP contribution in [0.25, 0.3) is 0 Å². The second-order valence-corrected chi connectivity index (χ2v) is 6.26. The summed E-state index contributed by atoms with van der Waals surface area (Å²) in [5, 5.41) is 6.97. The minimum absolute atomic E-state index is 0.695. The lowest BCUT2D eigenvalue weighted by Gasteiger charge is -2.43. The molecule has 0 radical (unpaired) electrons. The van der Waals surface area contributed by atoms with E-state index in [1.807, 2.05) is 0 Å². The van der Waals surface area contributed by atoms with Gasteiger partial charge in [-0.2, -0.15) is 0 Å². The molecule has 0 spiro atoms. The van der Waals surface area contributed by atoms with Gasteiger partial charge in [0.05, 0.1) is 6.17 Å². The molecule has 0 saturated carbocycles. The molecular weight excluding hydrogens is 248 g/mol. The third-order valence-electron chi connectivity index (χ3n) is 4.71. The van der Waals surface area contributed by atoms with Gasteiger partial charge in [0.25, 0.3) is 0 Å². The number of hydrogen-bond donors (Lipinski definition) is 2. The molecule has 2 fully saturated rings. The molecule has 20 heavy (non-hydrogen) atoms. The molecule has 118 valence electrons. The third-order valence-corrected chi connectivity index (χ3v) is 4.71. The fourth-order valence-electron chi connectivity index (χ4n) is 3.49. The van der Waals surface area contributed by atoms with Crippen LogP contribution in [-0.4, -0.2) is 68.3 Å². The first-order chi connectivity index (χ1) is 9.92. The van der Waals surface area contributed by atoms with E-state index in [1.165, 1.54) is 90.9 Å². The van der Waals surface area contributed by atoms with Crippen molar-refractivity contribution in [3.8, 4) is 0 Å². The van der Waals surface area contributed by atoms with E-state index < -0.39 is 0 Å². The first-order valence-corrected chi connectivity index (χ1v) is 8.81. The molecule has 0 aromatic rings. The van der Waals surface area contributed by atoms with Gasteiger partial charge < -0.3 is 10.6 Å². The van der Waals surface area contributed by atoms with Crippen LogP contribution in [0.1, 0.15) is 45.4 Å². The smallest absolute Gasteiger partial charge is 0.0624 e. The largest absolute Gasteiger partial charge is 0.314 e. The van der Waals surface area contributed by atoms with Crippen LogP contribution >= 0.6 is 0 Å². The Morgan fingerprint density at radius 2 is 1.25 bits per heavy atom. The van der Waals surface area contributed by atoms with Gasteiger partial charge in [-0.25, -0.2) is 0 Å². The number of piperazine rings is 2. The molecule has 2 aliphatic rings. The van der Waals surface area contributed by atoms with Crippen LogP contribution in [-0.2, 0) is 0 Å². The first kappa shape index (κ1) is 16.2. The number of rotatable bonds is 8. The van der Waals surface area contributed by atoms with Crippen molar-refractivity contribution in [2.75, 3.05) is 52.4 Å². The van der Waals surface area contributed by atoms with E-state index in [4.69, 9.17) is 0 Å². The van der Waals surface area contributed by atoms with Crippen molar-refractivity contribution >= 4 is 0 Å². The van der Waals surface area contributed by atoms with Crippen molar-refractivity contribution < 1.29 is 0 Å². The van der Waals surface area contributed by atoms with E-state index in [2.05, 4.69) is 27.4 Å². The SMILES string of the molecule is CCCCCCCC(N1CCNCC1)N1CCNCC1. The fraction of sp³-hybridized carbons (Fsp3) is 1.00. The molecule has 2 N–H and O–H groups in total.